The molecule has 0 radical (unpaired) electrons. The zero-order chi connectivity index (χ0) is 20.5. The lowest BCUT2D eigenvalue weighted by Crippen LogP contribution is -2.45. The molecule has 3 aromatic rings. The topological polar surface area (TPSA) is 99.8 Å². The number of carbonyl (C=O) groups is 1. The van der Waals surface area contributed by atoms with Crippen LogP contribution in [0.5, 0.6) is 5.75 Å². The van der Waals surface area contributed by atoms with E-state index in [2.05, 4.69) is 25.5 Å². The van der Waals surface area contributed by atoms with E-state index in [0.29, 0.717) is 23.2 Å². The van der Waals surface area contributed by atoms with Crippen LogP contribution in [0.2, 0.25) is 0 Å². The minimum atomic E-state index is 0.0863. The van der Waals surface area contributed by atoms with Crippen molar-refractivity contribution in [3.8, 4) is 5.75 Å². The average molecular weight is 407 g/mol. The number of piperidine rings is 2. The molecule has 9 nitrogen and oxygen atoms in total. The third-order valence-corrected chi connectivity index (χ3v) is 6.39. The van der Waals surface area contributed by atoms with Gasteiger partial charge in [-0.05, 0) is 71.9 Å². The molecular formula is C21H25N7O2. The molecule has 2 aromatic heterocycles. The number of phenolic OH excluding ortho intramolecular Hbond substituents is 1. The van der Waals surface area contributed by atoms with Gasteiger partial charge < -0.3 is 14.9 Å². The van der Waals surface area contributed by atoms with Gasteiger partial charge in [0.2, 0.25) is 5.91 Å². The van der Waals surface area contributed by atoms with Crippen molar-refractivity contribution < 1.29 is 9.90 Å². The lowest BCUT2D eigenvalue weighted by molar-refractivity contribution is -0.137. The van der Waals surface area contributed by atoms with Crippen molar-refractivity contribution >= 4 is 17.4 Å². The summed E-state index contributed by atoms with van der Waals surface area (Å²) in [5.74, 6) is 1.98. The molecule has 156 valence electrons. The molecule has 9 heteroatoms. The molecule has 2 saturated heterocycles. The van der Waals surface area contributed by atoms with Gasteiger partial charge in [-0.25, -0.2) is 0 Å². The van der Waals surface area contributed by atoms with E-state index in [9.17, 15) is 9.90 Å². The number of hydrogen-bond donors (Lipinski definition) is 1. The molecule has 2 aliphatic heterocycles. The Hall–Kier alpha value is -3.23. The number of anilines is 1. The van der Waals surface area contributed by atoms with Crippen LogP contribution in [-0.4, -0.2) is 67.3 Å². The Morgan fingerprint density at radius 2 is 1.67 bits per heavy atom. The standard InChI is InChI=1S/C21H25N7O2/c29-18-3-1-15(2-4-18)16-7-13-27(14-8-16)21(30)17-9-11-26(12-10-17)20-6-5-19-22-24-25-28(19)23-20/h1-6,16-17,29H,7-14H2. The van der Waals surface area contributed by atoms with Gasteiger partial charge in [0.15, 0.2) is 11.5 Å². The Morgan fingerprint density at radius 1 is 0.933 bits per heavy atom. The zero-order valence-corrected chi connectivity index (χ0v) is 16.8. The van der Waals surface area contributed by atoms with Gasteiger partial charge in [-0.1, -0.05) is 12.1 Å². The van der Waals surface area contributed by atoms with E-state index in [-0.39, 0.29) is 5.92 Å². The second-order valence-electron chi connectivity index (χ2n) is 8.17. The van der Waals surface area contributed by atoms with Crippen LogP contribution in [0.3, 0.4) is 0 Å². The van der Waals surface area contributed by atoms with E-state index in [4.69, 9.17) is 0 Å². The number of aromatic hydroxyl groups is 1. The van der Waals surface area contributed by atoms with Gasteiger partial charge in [0, 0.05) is 32.1 Å². The van der Waals surface area contributed by atoms with Crippen LogP contribution in [0.4, 0.5) is 5.82 Å². The second-order valence-corrected chi connectivity index (χ2v) is 8.17. The summed E-state index contributed by atoms with van der Waals surface area (Å²) in [4.78, 5) is 17.3. The third-order valence-electron chi connectivity index (χ3n) is 6.39. The lowest BCUT2D eigenvalue weighted by Gasteiger charge is -2.37. The highest BCUT2D eigenvalue weighted by atomic mass is 16.3. The average Bonchev–Trinajstić information content (AvgIpc) is 3.27. The molecule has 1 aromatic carbocycles. The summed E-state index contributed by atoms with van der Waals surface area (Å²) in [7, 11) is 0. The number of benzene rings is 1. The van der Waals surface area contributed by atoms with Gasteiger partial charge in [0.25, 0.3) is 0 Å². The van der Waals surface area contributed by atoms with Crippen LogP contribution in [0.25, 0.3) is 5.65 Å². The summed E-state index contributed by atoms with van der Waals surface area (Å²) in [6.07, 6.45) is 3.63. The van der Waals surface area contributed by atoms with Crippen molar-refractivity contribution in [3.05, 3.63) is 42.0 Å². The predicted molar refractivity (Wildman–Crippen MR) is 110 cm³/mol. The molecule has 2 aliphatic rings. The lowest BCUT2D eigenvalue weighted by atomic mass is 9.88. The van der Waals surface area contributed by atoms with E-state index >= 15 is 0 Å². The molecule has 1 N–H and O–H groups in total. The Labute approximate surface area is 174 Å². The molecule has 0 spiro atoms. The van der Waals surface area contributed by atoms with E-state index < -0.39 is 0 Å². The van der Waals surface area contributed by atoms with Crippen molar-refractivity contribution in [2.75, 3.05) is 31.1 Å². The number of rotatable bonds is 3. The Balaban J connectivity index is 1.15. The Morgan fingerprint density at radius 3 is 2.40 bits per heavy atom. The first-order valence-electron chi connectivity index (χ1n) is 10.6. The quantitative estimate of drug-likeness (QED) is 0.707. The first-order valence-corrected chi connectivity index (χ1v) is 10.6. The highest BCUT2D eigenvalue weighted by Crippen LogP contribution is 2.31. The predicted octanol–water partition coefficient (Wildman–Crippen LogP) is 1.85. The second kappa shape index (κ2) is 7.89. The molecule has 0 unspecified atom stereocenters. The number of hydrogen-bond acceptors (Lipinski definition) is 7. The molecule has 5 rings (SSSR count). The Bertz CT molecular complexity index is 1020. The molecule has 30 heavy (non-hydrogen) atoms. The van der Waals surface area contributed by atoms with Gasteiger partial charge in [-0.15, -0.1) is 14.8 Å². The number of aromatic nitrogens is 5. The molecule has 0 saturated carbocycles. The highest BCUT2D eigenvalue weighted by Gasteiger charge is 2.31. The van der Waals surface area contributed by atoms with Crippen LogP contribution >= 0.6 is 0 Å². The monoisotopic (exact) mass is 407 g/mol. The van der Waals surface area contributed by atoms with E-state index in [0.717, 1.165) is 57.7 Å². The van der Waals surface area contributed by atoms with E-state index in [1.165, 1.54) is 10.2 Å². The summed E-state index contributed by atoms with van der Waals surface area (Å²) in [6.45, 7) is 3.23. The van der Waals surface area contributed by atoms with Crippen LogP contribution in [0, 0.1) is 5.92 Å². The fraction of sp³-hybridized carbons (Fsp3) is 0.476. The van der Waals surface area contributed by atoms with Crippen molar-refractivity contribution in [2.45, 2.75) is 31.6 Å². The molecule has 0 bridgehead atoms. The summed E-state index contributed by atoms with van der Waals surface area (Å²) in [5, 5.41) is 25.3. The van der Waals surface area contributed by atoms with E-state index in [1.807, 2.05) is 29.2 Å². The summed E-state index contributed by atoms with van der Waals surface area (Å²) in [5.41, 5.74) is 1.87. The smallest absolute Gasteiger partial charge is 0.225 e. The summed E-state index contributed by atoms with van der Waals surface area (Å²) < 4.78 is 1.44. The van der Waals surface area contributed by atoms with Gasteiger partial charge in [0.1, 0.15) is 5.75 Å². The fourth-order valence-electron chi connectivity index (χ4n) is 4.60. The van der Waals surface area contributed by atoms with Crippen LogP contribution in [0.15, 0.2) is 36.4 Å². The van der Waals surface area contributed by atoms with Crippen molar-refractivity contribution in [2.24, 2.45) is 5.92 Å². The first-order chi connectivity index (χ1) is 14.7. The SMILES string of the molecule is O=C(C1CCN(c2ccc3nnnn3n2)CC1)N1CCC(c2ccc(O)cc2)CC1. The van der Waals surface area contributed by atoms with Gasteiger partial charge >= 0.3 is 0 Å². The van der Waals surface area contributed by atoms with Gasteiger partial charge in [0.05, 0.1) is 0 Å². The fourth-order valence-corrected chi connectivity index (χ4v) is 4.60. The number of phenols is 1. The molecular weight excluding hydrogens is 382 g/mol. The number of likely N-dealkylation sites (tertiary alicyclic amines) is 1. The van der Waals surface area contributed by atoms with E-state index in [1.54, 1.807) is 12.1 Å². The maximum atomic E-state index is 13.1. The van der Waals surface area contributed by atoms with Crippen molar-refractivity contribution in [1.29, 1.82) is 0 Å². The first kappa shape index (κ1) is 18.8. The van der Waals surface area contributed by atoms with Crippen LogP contribution < -0.4 is 4.90 Å². The molecule has 2 fully saturated rings. The molecule has 0 atom stereocenters. The normalized spacial score (nSPS) is 18.8. The van der Waals surface area contributed by atoms with Crippen LogP contribution in [0.1, 0.15) is 37.2 Å². The minimum absolute atomic E-state index is 0.0863. The number of tetrazole rings is 1. The van der Waals surface area contributed by atoms with Gasteiger partial charge in [-0.3, -0.25) is 4.79 Å². The number of nitrogens with zero attached hydrogens (tertiary/aromatic N) is 7. The maximum absolute atomic E-state index is 13.1. The molecule has 1 amide bonds. The van der Waals surface area contributed by atoms with Crippen molar-refractivity contribution in [3.63, 3.8) is 0 Å². The largest absolute Gasteiger partial charge is 0.508 e. The molecule has 4 heterocycles. The van der Waals surface area contributed by atoms with Crippen LogP contribution in [-0.2, 0) is 4.79 Å². The summed E-state index contributed by atoms with van der Waals surface area (Å²) in [6, 6.07) is 11.3. The third kappa shape index (κ3) is 3.67. The Kier molecular flexibility index (Phi) is 4.94. The highest BCUT2D eigenvalue weighted by molar-refractivity contribution is 5.79. The van der Waals surface area contributed by atoms with Gasteiger partial charge in [-0.2, -0.15) is 0 Å². The zero-order valence-electron chi connectivity index (χ0n) is 16.8. The number of amides is 1. The molecule has 0 aliphatic carbocycles. The maximum Gasteiger partial charge on any atom is 0.225 e. The summed E-state index contributed by atoms with van der Waals surface area (Å²) >= 11 is 0. The van der Waals surface area contributed by atoms with Crippen molar-refractivity contribution in [1.82, 2.24) is 30.2 Å². The number of carbonyl (C=O) groups excluding carboxylic acids is 1. The number of fused-ring (bicyclic) bond motifs is 1. The minimum Gasteiger partial charge on any atom is -0.508 e.